The highest BCUT2D eigenvalue weighted by Crippen LogP contribution is 2.33. The normalized spacial score (nSPS) is 15.9. The molecule has 0 saturated carbocycles. The Hall–Kier alpha value is -2.64. The van der Waals surface area contributed by atoms with Crippen LogP contribution in [0.15, 0.2) is 58.5 Å². The Morgan fingerprint density at radius 3 is 2.04 bits per heavy atom. The van der Waals surface area contributed by atoms with Crippen LogP contribution in [0.25, 0.3) is 6.08 Å². The fourth-order valence-corrected chi connectivity index (χ4v) is 3.40. The van der Waals surface area contributed by atoms with Gasteiger partial charge in [0.05, 0.1) is 25.3 Å². The van der Waals surface area contributed by atoms with Crippen molar-refractivity contribution >= 4 is 46.5 Å². The Kier molecular flexibility index (Phi) is 5.70. The first-order valence-corrected chi connectivity index (χ1v) is 8.93. The van der Waals surface area contributed by atoms with Gasteiger partial charge in [-0.15, -0.1) is 0 Å². The Balaban J connectivity index is 1.75. The second-order valence-corrected chi connectivity index (χ2v) is 6.96. The number of amides is 1. The van der Waals surface area contributed by atoms with E-state index in [1.807, 2.05) is 48.5 Å². The summed E-state index contributed by atoms with van der Waals surface area (Å²) in [5, 5.41) is 5.46. The van der Waals surface area contributed by atoms with E-state index in [4.69, 9.17) is 21.7 Å². The van der Waals surface area contributed by atoms with E-state index in [0.717, 1.165) is 22.6 Å². The minimum atomic E-state index is -0.236. The molecule has 0 radical (unpaired) electrons. The van der Waals surface area contributed by atoms with Gasteiger partial charge in [0.15, 0.2) is 4.32 Å². The summed E-state index contributed by atoms with van der Waals surface area (Å²) < 4.78 is 10.7. The summed E-state index contributed by atoms with van der Waals surface area (Å²) in [4.78, 5) is 13.1. The number of methoxy groups -OCH3 is 2. The van der Waals surface area contributed by atoms with Crippen molar-refractivity contribution in [3.63, 3.8) is 0 Å². The van der Waals surface area contributed by atoms with Crippen molar-refractivity contribution in [1.82, 2.24) is 5.01 Å². The average Bonchev–Trinajstić information content (AvgIpc) is 2.94. The van der Waals surface area contributed by atoms with Gasteiger partial charge < -0.3 is 9.47 Å². The predicted molar refractivity (Wildman–Crippen MR) is 109 cm³/mol. The minimum Gasteiger partial charge on any atom is -0.497 e. The van der Waals surface area contributed by atoms with E-state index in [0.29, 0.717) is 9.23 Å². The van der Waals surface area contributed by atoms with Gasteiger partial charge in [0.2, 0.25) is 0 Å². The van der Waals surface area contributed by atoms with Gasteiger partial charge in [-0.25, -0.2) is 0 Å². The van der Waals surface area contributed by atoms with Crippen LogP contribution in [0.2, 0.25) is 0 Å². The highest BCUT2D eigenvalue weighted by atomic mass is 32.2. The lowest BCUT2D eigenvalue weighted by atomic mass is 10.2. The lowest BCUT2D eigenvalue weighted by molar-refractivity contribution is -0.122. The molecule has 0 aromatic heterocycles. The maximum absolute atomic E-state index is 12.6. The van der Waals surface area contributed by atoms with Gasteiger partial charge in [0.1, 0.15) is 11.5 Å². The van der Waals surface area contributed by atoms with Crippen LogP contribution in [-0.2, 0) is 4.79 Å². The maximum Gasteiger partial charge on any atom is 0.286 e. The topological polar surface area (TPSA) is 51.1 Å². The second-order valence-electron chi connectivity index (χ2n) is 5.28. The van der Waals surface area contributed by atoms with Gasteiger partial charge in [0, 0.05) is 0 Å². The number of hydrogen-bond acceptors (Lipinski definition) is 6. The number of thiocarbonyl (C=S) groups is 1. The summed E-state index contributed by atoms with van der Waals surface area (Å²) in [5.41, 5.74) is 1.74. The summed E-state index contributed by atoms with van der Waals surface area (Å²) in [5.74, 6) is 1.29. The van der Waals surface area contributed by atoms with Crippen LogP contribution in [0.4, 0.5) is 0 Å². The van der Waals surface area contributed by atoms with Gasteiger partial charge in [-0.3, -0.25) is 4.79 Å². The van der Waals surface area contributed by atoms with Crippen LogP contribution in [0.5, 0.6) is 11.5 Å². The molecule has 5 nitrogen and oxygen atoms in total. The summed E-state index contributed by atoms with van der Waals surface area (Å²) >= 11 is 6.51. The number of ether oxygens (including phenoxy) is 2. The molecule has 0 spiro atoms. The zero-order chi connectivity index (χ0) is 18.5. The third-order valence-corrected chi connectivity index (χ3v) is 4.91. The van der Waals surface area contributed by atoms with Gasteiger partial charge in [0.25, 0.3) is 5.91 Å². The van der Waals surface area contributed by atoms with E-state index in [-0.39, 0.29) is 5.91 Å². The molecule has 0 atom stereocenters. The Morgan fingerprint density at radius 1 is 0.962 bits per heavy atom. The van der Waals surface area contributed by atoms with Crippen molar-refractivity contribution < 1.29 is 14.3 Å². The van der Waals surface area contributed by atoms with Crippen LogP contribution in [0.3, 0.4) is 0 Å². The van der Waals surface area contributed by atoms with Crippen LogP contribution in [-0.4, -0.2) is 35.7 Å². The number of hydrogen-bond donors (Lipinski definition) is 0. The third-order valence-electron chi connectivity index (χ3n) is 3.63. The first kappa shape index (κ1) is 18.2. The number of benzene rings is 2. The molecule has 0 aliphatic carbocycles. The Morgan fingerprint density at radius 2 is 1.50 bits per heavy atom. The number of thioether (sulfide) groups is 1. The number of hydrazone groups is 1. The Bertz CT molecular complexity index is 875. The largest absolute Gasteiger partial charge is 0.497 e. The van der Waals surface area contributed by atoms with Gasteiger partial charge in [-0.2, -0.15) is 10.1 Å². The van der Waals surface area contributed by atoms with Crippen LogP contribution in [0, 0.1) is 0 Å². The molecule has 1 saturated heterocycles. The fraction of sp³-hybridized carbons (Fsp3) is 0.105. The van der Waals surface area contributed by atoms with Crippen LogP contribution < -0.4 is 9.47 Å². The molecule has 2 aromatic rings. The monoisotopic (exact) mass is 384 g/mol. The summed E-state index contributed by atoms with van der Waals surface area (Å²) in [6.45, 7) is 0. The number of carbonyl (C=O) groups is 1. The zero-order valence-corrected chi connectivity index (χ0v) is 15.8. The SMILES string of the molecule is COc1ccc(C=NN2C(=O)C(=Cc3ccc(OC)cc3)SC2=S)cc1. The minimum absolute atomic E-state index is 0.236. The third kappa shape index (κ3) is 4.12. The standard InChI is InChI=1S/C19H16N2O3S2/c1-23-15-7-3-13(4-8-15)11-17-18(22)21(19(25)26-17)20-12-14-5-9-16(24-2)10-6-14/h3-12H,1-2H3. The summed E-state index contributed by atoms with van der Waals surface area (Å²) in [7, 11) is 3.22. The maximum atomic E-state index is 12.6. The smallest absolute Gasteiger partial charge is 0.286 e. The lowest BCUT2D eigenvalue weighted by Crippen LogP contribution is -2.22. The van der Waals surface area contributed by atoms with Crippen LogP contribution in [0.1, 0.15) is 11.1 Å². The highest BCUT2D eigenvalue weighted by molar-refractivity contribution is 8.26. The molecule has 132 valence electrons. The molecule has 1 amide bonds. The molecule has 1 fully saturated rings. The Labute approximate surface area is 161 Å². The van der Waals surface area contributed by atoms with Crippen molar-refractivity contribution in [1.29, 1.82) is 0 Å². The zero-order valence-electron chi connectivity index (χ0n) is 14.2. The first-order valence-electron chi connectivity index (χ1n) is 7.71. The van der Waals surface area contributed by atoms with Crippen molar-refractivity contribution in [2.75, 3.05) is 14.2 Å². The quantitative estimate of drug-likeness (QED) is 0.444. The molecule has 1 heterocycles. The molecule has 1 aliphatic rings. The average molecular weight is 384 g/mol. The molecule has 2 aromatic carbocycles. The number of carbonyl (C=O) groups excluding carboxylic acids is 1. The molecule has 3 rings (SSSR count). The molecule has 0 unspecified atom stereocenters. The summed E-state index contributed by atoms with van der Waals surface area (Å²) in [6.07, 6.45) is 3.39. The van der Waals surface area contributed by atoms with E-state index >= 15 is 0 Å². The van der Waals surface area contributed by atoms with Crippen molar-refractivity contribution in [2.24, 2.45) is 5.10 Å². The van der Waals surface area contributed by atoms with E-state index in [9.17, 15) is 4.79 Å². The van der Waals surface area contributed by atoms with Crippen molar-refractivity contribution in [3.05, 3.63) is 64.6 Å². The van der Waals surface area contributed by atoms with E-state index in [2.05, 4.69) is 5.10 Å². The molecular weight excluding hydrogens is 368 g/mol. The number of rotatable bonds is 5. The molecule has 26 heavy (non-hydrogen) atoms. The van der Waals surface area contributed by atoms with E-state index < -0.39 is 0 Å². The lowest BCUT2D eigenvalue weighted by Gasteiger charge is -2.06. The molecular formula is C19H16N2O3S2. The molecule has 1 aliphatic heterocycles. The van der Waals surface area contributed by atoms with Crippen molar-refractivity contribution in [3.8, 4) is 11.5 Å². The predicted octanol–water partition coefficient (Wildman–Crippen LogP) is 3.94. The van der Waals surface area contributed by atoms with E-state index in [1.165, 1.54) is 16.8 Å². The highest BCUT2D eigenvalue weighted by Gasteiger charge is 2.31. The fourth-order valence-electron chi connectivity index (χ4n) is 2.22. The van der Waals surface area contributed by atoms with E-state index in [1.54, 1.807) is 26.5 Å². The first-order chi connectivity index (χ1) is 12.6. The van der Waals surface area contributed by atoms with Gasteiger partial charge in [-0.1, -0.05) is 23.9 Å². The van der Waals surface area contributed by atoms with Gasteiger partial charge >= 0.3 is 0 Å². The van der Waals surface area contributed by atoms with Crippen molar-refractivity contribution in [2.45, 2.75) is 0 Å². The van der Waals surface area contributed by atoms with Gasteiger partial charge in [-0.05, 0) is 65.8 Å². The van der Waals surface area contributed by atoms with Crippen LogP contribution >= 0.6 is 24.0 Å². The molecule has 7 heteroatoms. The number of nitrogens with zero attached hydrogens (tertiary/aromatic N) is 2. The molecule has 0 N–H and O–H groups in total. The second kappa shape index (κ2) is 8.16. The summed E-state index contributed by atoms with van der Waals surface area (Å²) in [6, 6.07) is 14.8. The molecule has 0 bridgehead atoms.